The van der Waals surface area contributed by atoms with Crippen molar-refractivity contribution < 1.29 is 18.4 Å². The number of methoxy groups -OCH3 is 1. The zero-order chi connectivity index (χ0) is 21.1. The molecule has 1 atom stereocenters. The third-order valence-electron chi connectivity index (χ3n) is 5.99. The van der Waals surface area contributed by atoms with E-state index >= 15 is 0 Å². The van der Waals surface area contributed by atoms with Crippen LogP contribution >= 0.6 is 0 Å². The van der Waals surface area contributed by atoms with Crippen LogP contribution < -0.4 is 10.1 Å². The maximum atomic E-state index is 14.4. The molecule has 1 unspecified atom stereocenters. The first-order valence-corrected chi connectivity index (χ1v) is 10.5. The number of hydrogen-bond donors (Lipinski definition) is 2. The van der Waals surface area contributed by atoms with Crippen molar-refractivity contribution in [1.29, 1.82) is 0 Å². The number of imidazole rings is 1. The summed E-state index contributed by atoms with van der Waals surface area (Å²) >= 11 is 0. The summed E-state index contributed by atoms with van der Waals surface area (Å²) in [4.78, 5) is 20.7. The Morgan fingerprint density at radius 2 is 2.00 bits per heavy atom. The average Bonchev–Trinajstić information content (AvgIpc) is 3.34. The van der Waals surface area contributed by atoms with Crippen LogP contribution in [0.5, 0.6) is 5.75 Å². The predicted molar refractivity (Wildman–Crippen MR) is 110 cm³/mol. The number of benzene rings is 1. The molecule has 0 bridgehead atoms. The molecule has 4 rings (SSSR count). The fraction of sp³-hybridized carbons (Fsp3) is 0.500. The van der Waals surface area contributed by atoms with Crippen LogP contribution in [-0.2, 0) is 0 Å². The molecular formula is C22H27FN4O3. The molecule has 2 aromatic heterocycles. The summed E-state index contributed by atoms with van der Waals surface area (Å²) in [7, 11) is 1.53. The lowest BCUT2D eigenvalue weighted by Gasteiger charge is -2.28. The zero-order valence-corrected chi connectivity index (χ0v) is 17.3. The minimum atomic E-state index is -0.401. The standard InChI is InChI=1S/C22H27FN4O3/c1-13-15(12-30-27-13)22(28)26-18(14-8-6-4-3-5-7-9-14)21-24-19-16(23)10-11-17(29-2)20(19)25-21/h10-12,14,18H,3-9H2,1-2H3,(H,24,25)(H,26,28). The molecule has 1 saturated carbocycles. The Balaban J connectivity index is 1.72. The molecule has 8 heteroatoms. The number of nitrogens with one attached hydrogen (secondary N) is 2. The van der Waals surface area contributed by atoms with Crippen LogP contribution in [0.2, 0.25) is 0 Å². The number of carbonyl (C=O) groups excluding carboxylic acids is 1. The molecule has 1 fully saturated rings. The molecule has 0 spiro atoms. The van der Waals surface area contributed by atoms with E-state index in [1.54, 1.807) is 13.0 Å². The van der Waals surface area contributed by atoms with Crippen molar-refractivity contribution in [2.45, 2.75) is 57.9 Å². The van der Waals surface area contributed by atoms with Crippen LogP contribution in [0.3, 0.4) is 0 Å². The summed E-state index contributed by atoms with van der Waals surface area (Å²) < 4.78 is 24.7. The minimum Gasteiger partial charge on any atom is -0.494 e. The first-order valence-electron chi connectivity index (χ1n) is 10.5. The number of aromatic nitrogens is 3. The normalized spacial score (nSPS) is 16.8. The summed E-state index contributed by atoms with van der Waals surface area (Å²) in [6.07, 6.45) is 9.11. The van der Waals surface area contributed by atoms with Crippen molar-refractivity contribution >= 4 is 16.9 Å². The number of aryl methyl sites for hydroxylation is 1. The van der Waals surface area contributed by atoms with Gasteiger partial charge in [0.05, 0.1) is 18.8 Å². The van der Waals surface area contributed by atoms with Crippen LogP contribution in [-0.4, -0.2) is 28.1 Å². The summed E-state index contributed by atoms with van der Waals surface area (Å²) in [6.45, 7) is 1.73. The van der Waals surface area contributed by atoms with Crippen molar-refractivity contribution in [2.75, 3.05) is 7.11 Å². The maximum absolute atomic E-state index is 14.4. The third-order valence-corrected chi connectivity index (χ3v) is 5.99. The molecule has 1 aliphatic carbocycles. The Kier molecular flexibility index (Phi) is 6.01. The summed E-state index contributed by atoms with van der Waals surface area (Å²) in [5, 5.41) is 6.92. The van der Waals surface area contributed by atoms with Crippen LogP contribution in [0.1, 0.15) is 72.9 Å². The molecule has 1 aromatic carbocycles. The molecule has 160 valence electrons. The Morgan fingerprint density at radius 1 is 1.27 bits per heavy atom. The smallest absolute Gasteiger partial charge is 0.257 e. The predicted octanol–water partition coefficient (Wildman–Crippen LogP) is 4.84. The van der Waals surface area contributed by atoms with E-state index in [0.29, 0.717) is 28.3 Å². The van der Waals surface area contributed by atoms with Gasteiger partial charge in [-0.3, -0.25) is 4.79 Å². The van der Waals surface area contributed by atoms with Gasteiger partial charge < -0.3 is 19.6 Å². The number of carbonyl (C=O) groups is 1. The number of aromatic amines is 1. The van der Waals surface area contributed by atoms with Gasteiger partial charge in [0.15, 0.2) is 0 Å². The number of rotatable bonds is 5. The number of halogens is 1. The number of nitrogens with zero attached hydrogens (tertiary/aromatic N) is 2. The highest BCUT2D eigenvalue weighted by Crippen LogP contribution is 2.35. The van der Waals surface area contributed by atoms with Crippen molar-refractivity contribution in [3.63, 3.8) is 0 Å². The Labute approximate surface area is 174 Å². The van der Waals surface area contributed by atoms with Gasteiger partial charge in [-0.1, -0.05) is 37.3 Å². The molecule has 0 saturated heterocycles. The first kappa shape index (κ1) is 20.4. The quantitative estimate of drug-likeness (QED) is 0.623. The Bertz CT molecular complexity index is 1020. The molecule has 30 heavy (non-hydrogen) atoms. The van der Waals surface area contributed by atoms with Crippen molar-refractivity contribution in [1.82, 2.24) is 20.4 Å². The van der Waals surface area contributed by atoms with E-state index in [-0.39, 0.29) is 23.4 Å². The molecule has 0 radical (unpaired) electrons. The van der Waals surface area contributed by atoms with E-state index in [1.165, 1.54) is 38.7 Å². The van der Waals surface area contributed by atoms with Gasteiger partial charge in [-0.2, -0.15) is 0 Å². The van der Waals surface area contributed by atoms with Gasteiger partial charge in [-0.05, 0) is 37.8 Å². The second-order valence-electron chi connectivity index (χ2n) is 7.97. The van der Waals surface area contributed by atoms with Crippen molar-refractivity contribution in [2.24, 2.45) is 5.92 Å². The molecule has 1 aliphatic rings. The number of H-pyrrole nitrogens is 1. The largest absolute Gasteiger partial charge is 0.494 e. The lowest BCUT2D eigenvalue weighted by molar-refractivity contribution is 0.0911. The number of ether oxygens (including phenoxy) is 1. The van der Waals surface area contributed by atoms with Crippen LogP contribution in [0, 0.1) is 18.7 Å². The first-order chi connectivity index (χ1) is 14.6. The lowest BCUT2D eigenvalue weighted by atomic mass is 9.85. The van der Waals surface area contributed by atoms with Crippen LogP contribution in [0.15, 0.2) is 22.9 Å². The summed E-state index contributed by atoms with van der Waals surface area (Å²) in [5.41, 5.74) is 1.64. The monoisotopic (exact) mass is 414 g/mol. The van der Waals surface area contributed by atoms with Crippen LogP contribution in [0.25, 0.3) is 11.0 Å². The Hall–Kier alpha value is -2.90. The minimum absolute atomic E-state index is 0.198. The SMILES string of the molecule is COc1ccc(F)c2[nH]c(C(NC(=O)c3conc3C)C3CCCCCCC3)nc12. The zero-order valence-electron chi connectivity index (χ0n) is 17.3. The lowest BCUT2D eigenvalue weighted by Crippen LogP contribution is -2.35. The summed E-state index contributed by atoms with van der Waals surface area (Å²) in [5.74, 6) is 0.563. The van der Waals surface area contributed by atoms with E-state index in [4.69, 9.17) is 9.26 Å². The number of fused-ring (bicyclic) bond motifs is 1. The topological polar surface area (TPSA) is 93.0 Å². The van der Waals surface area contributed by atoms with Gasteiger partial charge in [0, 0.05) is 0 Å². The highest BCUT2D eigenvalue weighted by atomic mass is 19.1. The van der Waals surface area contributed by atoms with Gasteiger partial charge in [-0.15, -0.1) is 0 Å². The Morgan fingerprint density at radius 3 is 2.67 bits per heavy atom. The van der Waals surface area contributed by atoms with E-state index in [0.717, 1.165) is 25.7 Å². The van der Waals surface area contributed by atoms with Crippen molar-refractivity contribution in [3.05, 3.63) is 41.3 Å². The molecular weight excluding hydrogens is 387 g/mol. The van der Waals surface area contributed by atoms with Crippen LogP contribution in [0.4, 0.5) is 4.39 Å². The van der Waals surface area contributed by atoms with Gasteiger partial charge in [0.25, 0.3) is 5.91 Å². The molecule has 7 nitrogen and oxygen atoms in total. The van der Waals surface area contributed by atoms with E-state index in [2.05, 4.69) is 20.4 Å². The second kappa shape index (κ2) is 8.85. The van der Waals surface area contributed by atoms with Crippen molar-refractivity contribution in [3.8, 4) is 5.75 Å². The highest BCUT2D eigenvalue weighted by molar-refractivity contribution is 5.95. The fourth-order valence-electron chi connectivity index (χ4n) is 4.33. The van der Waals surface area contributed by atoms with Gasteiger partial charge >= 0.3 is 0 Å². The fourth-order valence-corrected chi connectivity index (χ4v) is 4.33. The van der Waals surface area contributed by atoms with E-state index in [9.17, 15) is 9.18 Å². The molecule has 1 amide bonds. The van der Waals surface area contributed by atoms with Gasteiger partial charge in [0.2, 0.25) is 0 Å². The highest BCUT2D eigenvalue weighted by Gasteiger charge is 2.30. The third kappa shape index (κ3) is 4.04. The van der Waals surface area contributed by atoms with Gasteiger partial charge in [0.1, 0.15) is 40.3 Å². The molecule has 0 aliphatic heterocycles. The molecule has 2 N–H and O–H groups in total. The second-order valence-corrected chi connectivity index (χ2v) is 7.97. The maximum Gasteiger partial charge on any atom is 0.257 e. The number of hydrogen-bond acceptors (Lipinski definition) is 5. The van der Waals surface area contributed by atoms with Gasteiger partial charge in [-0.25, -0.2) is 9.37 Å². The summed E-state index contributed by atoms with van der Waals surface area (Å²) in [6, 6.07) is 2.54. The number of amides is 1. The van der Waals surface area contributed by atoms with E-state index in [1.807, 2.05) is 0 Å². The molecule has 2 heterocycles. The average molecular weight is 414 g/mol. The van der Waals surface area contributed by atoms with E-state index < -0.39 is 5.82 Å². The molecule has 3 aromatic rings.